The third-order valence-electron chi connectivity index (χ3n) is 0. The van der Waals surface area contributed by atoms with Gasteiger partial charge in [0.05, 0.1) is 0 Å². The molecule has 0 fully saturated rings. The van der Waals surface area contributed by atoms with Gasteiger partial charge in [0.15, 0.2) is 0 Å². The van der Waals surface area contributed by atoms with Crippen LogP contribution in [0.15, 0.2) is 0 Å². The van der Waals surface area contributed by atoms with E-state index in [1.807, 2.05) is 0 Å². The Morgan fingerprint density at radius 1 is 1.17 bits per heavy atom. The van der Waals surface area contributed by atoms with Gasteiger partial charge in [-0.25, -0.2) is 0 Å². The van der Waals surface area contributed by atoms with Crippen LogP contribution >= 0.6 is 42.7 Å². The molecule has 0 aromatic heterocycles. The van der Waals surface area contributed by atoms with E-state index < -0.39 is 0 Å². The summed E-state index contributed by atoms with van der Waals surface area (Å²) in [7, 11) is 13.8. The van der Waals surface area contributed by atoms with Gasteiger partial charge in [-0.1, -0.05) is 0 Å². The fourth-order valence-electron chi connectivity index (χ4n) is 0. The molecule has 6 heavy (non-hydrogen) atoms. The summed E-state index contributed by atoms with van der Waals surface area (Å²) in [6, 6.07) is 0. The standard InChI is InChI=1S/4ClH.Cu.Mn/h4*1H;;/q;;;;+2;+1/p-3. The van der Waals surface area contributed by atoms with Gasteiger partial charge in [-0.15, -0.1) is 12.4 Å². The normalized spacial score (nSPS) is 4.67. The van der Waals surface area contributed by atoms with Crippen molar-refractivity contribution in [1.29, 1.82) is 0 Å². The molecule has 0 heterocycles. The average molecular weight is 261 g/mol. The van der Waals surface area contributed by atoms with E-state index in [4.69, 9.17) is 0 Å². The van der Waals surface area contributed by atoms with E-state index >= 15 is 0 Å². The van der Waals surface area contributed by atoms with Crippen molar-refractivity contribution in [2.24, 2.45) is 0 Å². The maximum atomic E-state index is 4.67. The Labute approximate surface area is 70.3 Å². The Morgan fingerprint density at radius 3 is 1.17 bits per heavy atom. The van der Waals surface area contributed by atoms with Gasteiger partial charge in [-0.3, -0.25) is 0 Å². The Balaban J connectivity index is -0.0000000275. The molecule has 0 aliphatic rings. The quantitative estimate of drug-likeness (QED) is 0.588. The SMILES string of the molecule is Cl.[Cl][Cu][Cl].[Cl][Mn]. The van der Waals surface area contributed by atoms with E-state index in [0.717, 1.165) is 13.1 Å². The molecule has 6 heteroatoms. The molecule has 0 radical (unpaired) electrons. The number of rotatable bonds is 0. The van der Waals surface area contributed by atoms with Crippen LogP contribution in [-0.2, 0) is 28.2 Å². The molecule has 0 aliphatic carbocycles. The van der Waals surface area contributed by atoms with Crippen molar-refractivity contribution in [3.63, 3.8) is 0 Å². The van der Waals surface area contributed by atoms with Gasteiger partial charge in [-0.05, 0) is 0 Å². The molecule has 0 bridgehead atoms. The number of hydrogen-bond donors (Lipinski definition) is 0. The molecule has 0 nitrogen and oxygen atoms in total. The van der Waals surface area contributed by atoms with E-state index in [0.29, 0.717) is 0 Å². The first-order valence-corrected chi connectivity index (χ1v) is 4.59. The predicted molar refractivity (Wildman–Crippen MR) is 24.8 cm³/mol. The fourth-order valence-corrected chi connectivity index (χ4v) is 0. The predicted octanol–water partition coefficient (Wildman–Crippen LogP) is 2.49. The Hall–Kier alpha value is 2.20. The first kappa shape index (κ1) is 15.7. The summed E-state index contributed by atoms with van der Waals surface area (Å²) in [5, 5.41) is 0. The summed E-state index contributed by atoms with van der Waals surface area (Å²) in [4.78, 5) is 0. The van der Waals surface area contributed by atoms with E-state index in [-0.39, 0.29) is 12.4 Å². The van der Waals surface area contributed by atoms with Gasteiger partial charge in [-0.2, -0.15) is 0 Å². The van der Waals surface area contributed by atoms with Crippen LogP contribution in [0, 0.1) is 0 Å². The summed E-state index contributed by atoms with van der Waals surface area (Å²) >= 11 is 3.17. The summed E-state index contributed by atoms with van der Waals surface area (Å²) in [6.07, 6.45) is 0. The Morgan fingerprint density at radius 2 is 1.17 bits per heavy atom. The van der Waals surface area contributed by atoms with Crippen molar-refractivity contribution in [2.45, 2.75) is 0 Å². The summed E-state index contributed by atoms with van der Waals surface area (Å²) in [5.74, 6) is 0. The molecule has 0 aromatic carbocycles. The van der Waals surface area contributed by atoms with Crippen LogP contribution in [0.1, 0.15) is 0 Å². The molecule has 0 aromatic rings. The van der Waals surface area contributed by atoms with E-state index in [9.17, 15) is 0 Å². The maximum absolute atomic E-state index is 4.67. The van der Waals surface area contributed by atoms with Crippen LogP contribution in [0.3, 0.4) is 0 Å². The molecule has 0 unspecified atom stereocenters. The van der Waals surface area contributed by atoms with Gasteiger partial charge in [0.25, 0.3) is 0 Å². The molecule has 0 amide bonds. The summed E-state index contributed by atoms with van der Waals surface area (Å²) in [6.45, 7) is 0. The average Bonchev–Trinajstić information content (AvgIpc) is 1.46. The monoisotopic (exact) mass is 259 g/mol. The van der Waals surface area contributed by atoms with Gasteiger partial charge in [0.1, 0.15) is 0 Å². The molecule has 0 spiro atoms. The number of hydrogen-bond acceptors (Lipinski definition) is 0. The minimum absolute atomic E-state index is 0. The molecule has 0 N–H and O–H groups in total. The van der Waals surface area contributed by atoms with Crippen molar-refractivity contribution in [3.8, 4) is 0 Å². The second-order valence-corrected chi connectivity index (χ2v) is 1.60. The molecule has 0 saturated heterocycles. The first-order valence-electron chi connectivity index (χ1n) is 0.371. The van der Waals surface area contributed by atoms with Crippen LogP contribution in [0.25, 0.3) is 0 Å². The van der Waals surface area contributed by atoms with Crippen molar-refractivity contribution in [3.05, 3.63) is 0 Å². The second kappa shape index (κ2) is 27.0. The van der Waals surface area contributed by atoms with Gasteiger partial charge >= 0.3 is 58.5 Å². The van der Waals surface area contributed by atoms with Crippen LogP contribution < -0.4 is 0 Å². The molecular weight excluding hydrogens is 260 g/mol. The second-order valence-electron chi connectivity index (χ2n) is 0.0431. The molecule has 0 aliphatic heterocycles. The Kier molecular flexibility index (Phi) is 70.8. The van der Waals surface area contributed by atoms with Crippen molar-refractivity contribution in [2.75, 3.05) is 0 Å². The zero-order valence-corrected chi connectivity index (χ0v) is 7.43. The summed E-state index contributed by atoms with van der Waals surface area (Å²) < 4.78 is 0. The van der Waals surface area contributed by atoms with Gasteiger partial charge in [0, 0.05) is 0 Å². The van der Waals surface area contributed by atoms with Crippen LogP contribution in [-0.4, -0.2) is 0 Å². The third-order valence-corrected chi connectivity index (χ3v) is 0. The van der Waals surface area contributed by atoms with Crippen molar-refractivity contribution in [1.82, 2.24) is 0 Å². The van der Waals surface area contributed by atoms with E-state index in [1.165, 1.54) is 0 Å². The van der Waals surface area contributed by atoms with Crippen LogP contribution in [0.5, 0.6) is 0 Å². The molecule has 0 atom stereocenters. The topological polar surface area (TPSA) is 0 Å². The Bertz CT molecular complexity index is 7.51. The van der Waals surface area contributed by atoms with E-state index in [2.05, 4.69) is 45.4 Å². The van der Waals surface area contributed by atoms with E-state index in [1.54, 1.807) is 0 Å². The zero-order valence-electron chi connectivity index (χ0n) is 2.22. The first-order chi connectivity index (χ1) is 2.41. The molecule has 0 saturated carbocycles. The van der Waals surface area contributed by atoms with Crippen molar-refractivity contribution < 1.29 is 28.2 Å². The molecule has 0 rings (SSSR count). The summed E-state index contributed by atoms with van der Waals surface area (Å²) in [5.41, 5.74) is 0. The molecular formula is HCl4CuMn. The zero-order chi connectivity index (χ0) is 4.71. The van der Waals surface area contributed by atoms with Gasteiger partial charge < -0.3 is 0 Å². The molecule has 47 valence electrons. The fraction of sp³-hybridized carbons (Fsp3) is 0. The van der Waals surface area contributed by atoms with Gasteiger partial charge in [0.2, 0.25) is 0 Å². The minimum atomic E-state index is 0. The van der Waals surface area contributed by atoms with Crippen molar-refractivity contribution >= 4 is 42.7 Å². The van der Waals surface area contributed by atoms with Crippen LogP contribution in [0.4, 0.5) is 0 Å². The number of halogens is 4. The third kappa shape index (κ3) is 34.7. The van der Waals surface area contributed by atoms with Crippen LogP contribution in [0.2, 0.25) is 0 Å².